The average molecular weight is 246 g/mol. The zero-order valence-corrected chi connectivity index (χ0v) is 9.48. The monoisotopic (exact) mass is 245 g/mol. The molecule has 0 radical (unpaired) electrons. The fourth-order valence-electron chi connectivity index (χ4n) is 1.37. The minimum Gasteiger partial charge on any atom is -0.443 e. The van der Waals surface area contributed by atoms with Gasteiger partial charge >= 0.3 is 0 Å². The maximum absolute atomic E-state index is 9.13. The summed E-state index contributed by atoms with van der Waals surface area (Å²) in [6.45, 7) is 0. The molecule has 17 heavy (non-hydrogen) atoms. The lowest BCUT2D eigenvalue weighted by Gasteiger charge is -2.02. The molecule has 0 atom stereocenters. The second kappa shape index (κ2) is 4.73. The van der Waals surface area contributed by atoms with Crippen molar-refractivity contribution in [2.75, 3.05) is 0 Å². The van der Waals surface area contributed by atoms with Gasteiger partial charge in [0.05, 0.1) is 11.3 Å². The first-order chi connectivity index (χ1) is 8.22. The SMILES string of the molecule is N#C/C(=C(/N)c1ccc(Cl)o1)c1cccnc1. The summed E-state index contributed by atoms with van der Waals surface area (Å²) in [4.78, 5) is 3.94. The molecule has 0 aliphatic heterocycles. The van der Waals surface area contributed by atoms with Gasteiger partial charge < -0.3 is 10.2 Å². The quantitative estimate of drug-likeness (QED) is 0.826. The van der Waals surface area contributed by atoms with Crippen molar-refractivity contribution in [2.24, 2.45) is 5.73 Å². The number of halogens is 1. The summed E-state index contributed by atoms with van der Waals surface area (Å²) >= 11 is 5.66. The van der Waals surface area contributed by atoms with Crippen LogP contribution in [0.4, 0.5) is 0 Å². The topological polar surface area (TPSA) is 75.8 Å². The number of nitriles is 1. The van der Waals surface area contributed by atoms with Gasteiger partial charge in [-0.1, -0.05) is 6.07 Å². The summed E-state index contributed by atoms with van der Waals surface area (Å²) in [6.07, 6.45) is 3.19. The predicted molar refractivity (Wildman–Crippen MR) is 64.6 cm³/mol. The van der Waals surface area contributed by atoms with Crippen LogP contribution in [-0.2, 0) is 0 Å². The van der Waals surface area contributed by atoms with E-state index in [2.05, 4.69) is 4.98 Å². The van der Waals surface area contributed by atoms with E-state index in [9.17, 15) is 0 Å². The van der Waals surface area contributed by atoms with Crippen molar-refractivity contribution in [2.45, 2.75) is 0 Å². The van der Waals surface area contributed by atoms with Crippen LogP contribution < -0.4 is 5.73 Å². The highest BCUT2D eigenvalue weighted by molar-refractivity contribution is 6.28. The number of hydrogen-bond acceptors (Lipinski definition) is 4. The molecule has 0 unspecified atom stereocenters. The lowest BCUT2D eigenvalue weighted by Crippen LogP contribution is -1.99. The second-order valence-electron chi connectivity index (χ2n) is 3.25. The summed E-state index contributed by atoms with van der Waals surface area (Å²) in [5.41, 5.74) is 7.06. The molecule has 0 aromatic carbocycles. The molecule has 2 rings (SSSR count). The second-order valence-corrected chi connectivity index (χ2v) is 3.62. The first-order valence-electron chi connectivity index (χ1n) is 4.78. The van der Waals surface area contributed by atoms with Crippen molar-refractivity contribution < 1.29 is 4.42 Å². The molecule has 0 fully saturated rings. The molecule has 0 saturated heterocycles. The Morgan fingerprint density at radius 2 is 2.24 bits per heavy atom. The average Bonchev–Trinajstić information content (AvgIpc) is 2.78. The summed E-state index contributed by atoms with van der Waals surface area (Å²) in [5.74, 6) is 0.371. The molecule has 0 aliphatic rings. The van der Waals surface area contributed by atoms with Crippen LogP contribution in [0.5, 0.6) is 0 Å². The fraction of sp³-hybridized carbons (Fsp3) is 0. The highest BCUT2D eigenvalue weighted by atomic mass is 35.5. The maximum Gasteiger partial charge on any atom is 0.194 e. The lowest BCUT2D eigenvalue weighted by atomic mass is 10.1. The molecule has 4 nitrogen and oxygen atoms in total. The largest absolute Gasteiger partial charge is 0.443 e. The summed E-state index contributed by atoms with van der Waals surface area (Å²) in [5, 5.41) is 9.36. The van der Waals surface area contributed by atoms with E-state index in [1.807, 2.05) is 6.07 Å². The van der Waals surface area contributed by atoms with Crippen LogP contribution in [0, 0.1) is 11.3 Å². The smallest absolute Gasteiger partial charge is 0.194 e. The Labute approximate surface area is 103 Å². The molecule has 0 aliphatic carbocycles. The van der Waals surface area contributed by atoms with Crippen molar-refractivity contribution in [3.8, 4) is 6.07 Å². The molecule has 0 bridgehead atoms. The van der Waals surface area contributed by atoms with E-state index in [4.69, 9.17) is 27.0 Å². The molecule has 2 aromatic rings. The van der Waals surface area contributed by atoms with Crippen molar-refractivity contribution in [1.29, 1.82) is 5.26 Å². The van der Waals surface area contributed by atoms with Gasteiger partial charge in [0, 0.05) is 18.0 Å². The van der Waals surface area contributed by atoms with E-state index in [-0.39, 0.29) is 10.9 Å². The van der Waals surface area contributed by atoms with Crippen LogP contribution in [0.1, 0.15) is 11.3 Å². The van der Waals surface area contributed by atoms with Gasteiger partial charge in [-0.3, -0.25) is 4.98 Å². The Balaban J connectivity index is 2.52. The molecule has 2 N–H and O–H groups in total. The zero-order valence-electron chi connectivity index (χ0n) is 8.72. The first kappa shape index (κ1) is 11.2. The highest BCUT2D eigenvalue weighted by Crippen LogP contribution is 2.24. The van der Waals surface area contributed by atoms with Gasteiger partial charge in [-0.25, -0.2) is 0 Å². The highest BCUT2D eigenvalue weighted by Gasteiger charge is 2.11. The van der Waals surface area contributed by atoms with Crippen molar-refractivity contribution >= 4 is 22.9 Å². The molecular weight excluding hydrogens is 238 g/mol. The van der Waals surface area contributed by atoms with Gasteiger partial charge in [-0.05, 0) is 29.8 Å². The number of pyridine rings is 1. The van der Waals surface area contributed by atoms with Crippen LogP contribution >= 0.6 is 11.6 Å². The van der Waals surface area contributed by atoms with Crippen LogP contribution in [0.2, 0.25) is 5.22 Å². The Morgan fingerprint density at radius 1 is 1.41 bits per heavy atom. The fourth-order valence-corrected chi connectivity index (χ4v) is 1.52. The van der Waals surface area contributed by atoms with Crippen LogP contribution in [0.3, 0.4) is 0 Å². The van der Waals surface area contributed by atoms with E-state index in [1.54, 1.807) is 36.7 Å². The van der Waals surface area contributed by atoms with E-state index < -0.39 is 0 Å². The summed E-state index contributed by atoms with van der Waals surface area (Å²) in [6, 6.07) is 8.71. The standard InChI is InChI=1S/C12H8ClN3O/c13-11-4-3-10(17-11)12(15)9(6-14)8-2-1-5-16-7-8/h1-5,7H,15H2/b12-9-. The summed E-state index contributed by atoms with van der Waals surface area (Å²) < 4.78 is 5.16. The van der Waals surface area contributed by atoms with E-state index in [0.29, 0.717) is 16.9 Å². The number of nitrogens with two attached hydrogens (primary N) is 1. The number of furan rings is 1. The Kier molecular flexibility index (Phi) is 3.12. The minimum atomic E-state index is 0.228. The zero-order chi connectivity index (χ0) is 12.3. The molecule has 0 spiro atoms. The molecule has 84 valence electrons. The van der Waals surface area contributed by atoms with Gasteiger partial charge in [-0.15, -0.1) is 0 Å². The molecule has 0 amide bonds. The number of allylic oxidation sites excluding steroid dienone is 1. The Hall–Kier alpha value is -2.25. The molecular formula is C12H8ClN3O. The van der Waals surface area contributed by atoms with Gasteiger partial charge in [0.25, 0.3) is 0 Å². The van der Waals surface area contributed by atoms with Gasteiger partial charge in [0.15, 0.2) is 11.0 Å². The van der Waals surface area contributed by atoms with E-state index >= 15 is 0 Å². The third-order valence-corrected chi connectivity index (χ3v) is 2.37. The number of rotatable bonds is 2. The first-order valence-corrected chi connectivity index (χ1v) is 5.16. The molecule has 5 heteroatoms. The molecule has 2 aromatic heterocycles. The van der Waals surface area contributed by atoms with Crippen LogP contribution in [-0.4, -0.2) is 4.98 Å². The molecule has 0 saturated carbocycles. The third kappa shape index (κ3) is 2.30. The van der Waals surface area contributed by atoms with Gasteiger partial charge in [-0.2, -0.15) is 5.26 Å². The van der Waals surface area contributed by atoms with Crippen LogP contribution in [0.25, 0.3) is 11.3 Å². The predicted octanol–water partition coefficient (Wildman–Crippen LogP) is 2.68. The minimum absolute atomic E-state index is 0.228. The Bertz CT molecular complexity index is 596. The maximum atomic E-state index is 9.13. The Morgan fingerprint density at radius 3 is 2.76 bits per heavy atom. The van der Waals surface area contributed by atoms with E-state index in [1.165, 1.54) is 0 Å². The number of nitrogens with zero attached hydrogens (tertiary/aromatic N) is 2. The molecule has 2 heterocycles. The normalized spacial score (nSPS) is 11.8. The van der Waals surface area contributed by atoms with Crippen molar-refractivity contribution in [3.05, 3.63) is 53.2 Å². The van der Waals surface area contributed by atoms with Crippen LogP contribution in [0.15, 0.2) is 41.1 Å². The van der Waals surface area contributed by atoms with Crippen molar-refractivity contribution in [3.63, 3.8) is 0 Å². The lowest BCUT2D eigenvalue weighted by molar-refractivity contribution is 0.554. The number of hydrogen-bond donors (Lipinski definition) is 1. The van der Waals surface area contributed by atoms with Gasteiger partial charge in [0.2, 0.25) is 0 Å². The van der Waals surface area contributed by atoms with Gasteiger partial charge in [0.1, 0.15) is 6.07 Å². The third-order valence-electron chi connectivity index (χ3n) is 2.17. The number of aromatic nitrogens is 1. The summed E-state index contributed by atoms with van der Waals surface area (Å²) in [7, 11) is 0. The van der Waals surface area contributed by atoms with Crippen molar-refractivity contribution in [1.82, 2.24) is 4.98 Å². The van der Waals surface area contributed by atoms with E-state index in [0.717, 1.165) is 0 Å².